The molecule has 1 unspecified atom stereocenters. The van der Waals surface area contributed by atoms with Crippen LogP contribution in [-0.2, 0) is 16.6 Å². The number of nitrogens with zero attached hydrogens (tertiary/aromatic N) is 2. The molecule has 3 aromatic rings. The fraction of sp³-hybridized carbons (Fsp3) is 0.333. The van der Waals surface area contributed by atoms with E-state index >= 15 is 0 Å². The summed E-state index contributed by atoms with van der Waals surface area (Å²) in [5, 5.41) is 2.11. The zero-order valence-electron chi connectivity index (χ0n) is 21.1. The highest BCUT2D eigenvalue weighted by molar-refractivity contribution is 7.10. The minimum atomic E-state index is -0.154. The fourth-order valence-electron chi connectivity index (χ4n) is 4.62. The number of rotatable bonds is 6. The van der Waals surface area contributed by atoms with Crippen LogP contribution in [-0.4, -0.2) is 41.2 Å². The monoisotopic (exact) mass is 486 g/mol. The molecule has 0 aliphatic carbocycles. The summed E-state index contributed by atoms with van der Waals surface area (Å²) in [6.07, 6.45) is 2.52. The Labute approximate surface area is 212 Å². The number of aryl methyl sites for hydroxylation is 1. The number of benzene rings is 2. The van der Waals surface area contributed by atoms with Crippen molar-refractivity contribution in [2.75, 3.05) is 19.6 Å². The lowest BCUT2D eigenvalue weighted by Crippen LogP contribution is -2.46. The summed E-state index contributed by atoms with van der Waals surface area (Å²) in [5.74, 6) is -0.201. The van der Waals surface area contributed by atoms with Crippen LogP contribution >= 0.6 is 11.3 Å². The summed E-state index contributed by atoms with van der Waals surface area (Å²) < 4.78 is 0. The van der Waals surface area contributed by atoms with Gasteiger partial charge in [0.15, 0.2) is 0 Å². The maximum atomic E-state index is 13.7. The fourth-order valence-corrected chi connectivity index (χ4v) is 5.52. The average molecular weight is 487 g/mol. The van der Waals surface area contributed by atoms with E-state index in [2.05, 4.69) is 70.0 Å². The Kier molecular flexibility index (Phi) is 7.27. The summed E-state index contributed by atoms with van der Waals surface area (Å²) in [6, 6.07) is 18.1. The molecule has 5 heteroatoms. The molecule has 1 aliphatic heterocycles. The van der Waals surface area contributed by atoms with Crippen LogP contribution in [0.5, 0.6) is 0 Å². The predicted molar refractivity (Wildman–Crippen MR) is 144 cm³/mol. The molecule has 2 amide bonds. The van der Waals surface area contributed by atoms with Crippen LogP contribution < -0.4 is 0 Å². The van der Waals surface area contributed by atoms with Crippen molar-refractivity contribution < 1.29 is 9.59 Å². The van der Waals surface area contributed by atoms with Gasteiger partial charge in [-0.2, -0.15) is 0 Å². The second kappa shape index (κ2) is 10.2. The highest BCUT2D eigenvalue weighted by atomic mass is 32.1. The van der Waals surface area contributed by atoms with E-state index in [1.807, 2.05) is 29.2 Å². The molecule has 0 saturated heterocycles. The number of carbonyl (C=O) groups excluding carboxylic acids is 2. The van der Waals surface area contributed by atoms with E-state index in [0.29, 0.717) is 18.7 Å². The molecule has 0 N–H and O–H groups in total. The Balaban J connectivity index is 1.58. The van der Waals surface area contributed by atoms with E-state index in [-0.39, 0.29) is 29.8 Å². The predicted octanol–water partition coefficient (Wildman–Crippen LogP) is 6.16. The first kappa shape index (κ1) is 24.9. The normalized spacial score (nSPS) is 15.4. The van der Waals surface area contributed by atoms with Crippen molar-refractivity contribution in [3.63, 3.8) is 0 Å². The maximum absolute atomic E-state index is 13.7. The summed E-state index contributed by atoms with van der Waals surface area (Å²) >= 11 is 1.75. The molecule has 0 spiro atoms. The minimum Gasteiger partial charge on any atom is -0.330 e. The van der Waals surface area contributed by atoms with Crippen LogP contribution in [0.15, 0.2) is 72.6 Å². The maximum Gasteiger partial charge on any atom is 0.254 e. The highest BCUT2D eigenvalue weighted by Gasteiger charge is 2.34. The van der Waals surface area contributed by atoms with Gasteiger partial charge in [-0.25, -0.2) is 0 Å². The third kappa shape index (κ3) is 5.40. The van der Waals surface area contributed by atoms with E-state index < -0.39 is 0 Å². The second-order valence-electron chi connectivity index (χ2n) is 10.3. The van der Waals surface area contributed by atoms with Crippen LogP contribution in [0.2, 0.25) is 0 Å². The summed E-state index contributed by atoms with van der Waals surface area (Å²) in [4.78, 5) is 31.9. The third-order valence-corrected chi connectivity index (χ3v) is 7.64. The van der Waals surface area contributed by atoms with Crippen molar-refractivity contribution in [1.29, 1.82) is 0 Å². The topological polar surface area (TPSA) is 40.6 Å². The molecule has 4 nitrogen and oxygen atoms in total. The lowest BCUT2D eigenvalue weighted by molar-refractivity contribution is -0.133. The van der Waals surface area contributed by atoms with E-state index in [1.54, 1.807) is 22.3 Å². The number of hydrogen-bond acceptors (Lipinski definition) is 3. The van der Waals surface area contributed by atoms with Crippen molar-refractivity contribution in [3.8, 4) is 0 Å². The van der Waals surface area contributed by atoms with Gasteiger partial charge < -0.3 is 9.80 Å². The molecule has 0 fully saturated rings. The first-order valence-electron chi connectivity index (χ1n) is 12.1. The molecule has 4 rings (SSSR count). The van der Waals surface area contributed by atoms with Crippen molar-refractivity contribution in [1.82, 2.24) is 9.80 Å². The highest BCUT2D eigenvalue weighted by Crippen LogP contribution is 2.38. The van der Waals surface area contributed by atoms with Crippen LogP contribution in [0, 0.1) is 6.92 Å². The summed E-state index contributed by atoms with van der Waals surface area (Å²) in [7, 11) is 0. The standard InChI is InChI=1S/C30H34N2O2S/c1-6-17-31(29(34)23-11-13-24(14-12-23)30(3,4)5)20-27(33)32-18-15-26-25(16-19-35-26)28(32)22-9-7-21(2)8-10-22/h6-14,16,19,28H,1,15,17-18,20H2,2-5H3. The SMILES string of the molecule is C=CCN(CC(=O)N1CCc2sccc2C1c1ccc(C)cc1)C(=O)c1ccc(C(C)(C)C)cc1. The quantitative estimate of drug-likeness (QED) is 0.392. The van der Waals surface area contributed by atoms with Crippen molar-refractivity contribution in [2.45, 2.75) is 45.6 Å². The number of carbonyl (C=O) groups is 2. The second-order valence-corrected chi connectivity index (χ2v) is 11.3. The molecule has 1 aromatic heterocycles. The molecule has 0 radical (unpaired) electrons. The van der Waals surface area contributed by atoms with E-state index in [4.69, 9.17) is 0 Å². The molecule has 1 atom stereocenters. The molecular formula is C30H34N2O2S. The van der Waals surface area contributed by atoms with Gasteiger partial charge in [0, 0.05) is 23.5 Å². The van der Waals surface area contributed by atoms with Crippen molar-refractivity contribution in [2.24, 2.45) is 0 Å². The first-order valence-corrected chi connectivity index (χ1v) is 13.0. The molecule has 2 aromatic carbocycles. The zero-order chi connectivity index (χ0) is 25.2. The van der Waals surface area contributed by atoms with Crippen molar-refractivity contribution >= 4 is 23.2 Å². The smallest absolute Gasteiger partial charge is 0.254 e. The number of fused-ring (bicyclic) bond motifs is 1. The zero-order valence-corrected chi connectivity index (χ0v) is 21.9. The molecular weight excluding hydrogens is 452 g/mol. The molecule has 1 aliphatic rings. The molecule has 0 bridgehead atoms. The van der Waals surface area contributed by atoms with E-state index in [0.717, 1.165) is 12.0 Å². The van der Waals surface area contributed by atoms with E-state index in [1.165, 1.54) is 21.6 Å². The van der Waals surface area contributed by atoms with Crippen LogP contribution in [0.4, 0.5) is 0 Å². The van der Waals surface area contributed by atoms with Gasteiger partial charge in [0.25, 0.3) is 5.91 Å². The van der Waals surface area contributed by atoms with Gasteiger partial charge in [0.2, 0.25) is 5.91 Å². The van der Waals surface area contributed by atoms with E-state index in [9.17, 15) is 9.59 Å². The number of thiophene rings is 1. The number of amides is 2. The van der Waals surface area contributed by atoms with Gasteiger partial charge in [-0.3, -0.25) is 9.59 Å². The van der Waals surface area contributed by atoms with Crippen molar-refractivity contribution in [3.05, 3.63) is 105 Å². The molecule has 2 heterocycles. The van der Waals surface area contributed by atoms with Gasteiger partial charge in [-0.05, 0) is 59.0 Å². The van der Waals surface area contributed by atoms with Gasteiger partial charge in [0.05, 0.1) is 6.04 Å². The van der Waals surface area contributed by atoms with Gasteiger partial charge in [-0.1, -0.05) is 68.8 Å². The first-order chi connectivity index (χ1) is 16.7. The van der Waals surface area contributed by atoms with Gasteiger partial charge in [-0.15, -0.1) is 17.9 Å². The largest absolute Gasteiger partial charge is 0.330 e. The molecule has 0 saturated carbocycles. The number of hydrogen-bond donors (Lipinski definition) is 0. The minimum absolute atomic E-state index is 0.0120. The lowest BCUT2D eigenvalue weighted by Gasteiger charge is -2.37. The Morgan fingerprint density at radius 2 is 1.77 bits per heavy atom. The Hall–Kier alpha value is -3.18. The van der Waals surface area contributed by atoms with Crippen LogP contribution in [0.3, 0.4) is 0 Å². The molecule has 35 heavy (non-hydrogen) atoms. The third-order valence-electron chi connectivity index (χ3n) is 6.64. The van der Waals surface area contributed by atoms with Gasteiger partial charge >= 0.3 is 0 Å². The van der Waals surface area contributed by atoms with Gasteiger partial charge in [0.1, 0.15) is 6.54 Å². The van der Waals surface area contributed by atoms with Crippen LogP contribution in [0.1, 0.15) is 64.3 Å². The average Bonchev–Trinajstić information content (AvgIpc) is 3.32. The summed E-state index contributed by atoms with van der Waals surface area (Å²) in [5.41, 5.74) is 5.24. The Morgan fingerprint density at radius 3 is 2.40 bits per heavy atom. The Morgan fingerprint density at radius 1 is 1.09 bits per heavy atom. The Bertz CT molecular complexity index is 1200. The van der Waals surface area contributed by atoms with Crippen LogP contribution in [0.25, 0.3) is 0 Å². The lowest BCUT2D eigenvalue weighted by atomic mass is 9.86. The molecule has 182 valence electrons. The summed E-state index contributed by atoms with van der Waals surface area (Å²) in [6.45, 7) is 13.3.